The van der Waals surface area contributed by atoms with Crippen molar-refractivity contribution < 1.29 is 5.11 Å². The molecule has 82 valence electrons. The molecule has 1 nitrogen and oxygen atoms in total. The van der Waals surface area contributed by atoms with Crippen LogP contribution >= 0.6 is 0 Å². The summed E-state index contributed by atoms with van der Waals surface area (Å²) >= 11 is 0. The van der Waals surface area contributed by atoms with Gasteiger partial charge in [0, 0.05) is 0 Å². The molecule has 0 bridgehead atoms. The molecule has 1 atom stereocenters. The number of aliphatic hydroxyl groups excluding tert-OH is 1. The minimum atomic E-state index is -0.328. The molecule has 1 aromatic rings. The lowest BCUT2D eigenvalue weighted by Crippen LogP contribution is -2.02. The van der Waals surface area contributed by atoms with E-state index in [1.54, 1.807) is 0 Å². The highest BCUT2D eigenvalue weighted by atomic mass is 16.3. The minimum absolute atomic E-state index is 0.328. The summed E-state index contributed by atoms with van der Waals surface area (Å²) in [7, 11) is 0. The van der Waals surface area contributed by atoms with Gasteiger partial charge in [0.25, 0.3) is 0 Å². The van der Waals surface area contributed by atoms with Gasteiger partial charge in [0.05, 0.1) is 6.10 Å². The largest absolute Gasteiger partial charge is 0.388 e. The highest BCUT2D eigenvalue weighted by molar-refractivity contribution is 5.31. The van der Waals surface area contributed by atoms with E-state index in [0.717, 1.165) is 30.4 Å². The zero-order valence-corrected chi connectivity index (χ0v) is 9.66. The van der Waals surface area contributed by atoms with Gasteiger partial charge >= 0.3 is 0 Å². The summed E-state index contributed by atoms with van der Waals surface area (Å²) in [6.45, 7) is 8.02. The molecule has 0 radical (unpaired) electrons. The highest BCUT2D eigenvalue weighted by Gasteiger charge is 2.10. The number of hydrogen-bond donors (Lipinski definition) is 1. The summed E-state index contributed by atoms with van der Waals surface area (Å²) in [5.74, 6) is 0. The zero-order chi connectivity index (χ0) is 11.3. The lowest BCUT2D eigenvalue weighted by molar-refractivity contribution is 0.165. The van der Waals surface area contributed by atoms with Gasteiger partial charge in [-0.2, -0.15) is 0 Å². The van der Waals surface area contributed by atoms with Gasteiger partial charge in [-0.1, -0.05) is 49.8 Å². The van der Waals surface area contributed by atoms with Crippen LogP contribution in [0.3, 0.4) is 0 Å². The third-order valence-electron chi connectivity index (χ3n) is 2.47. The monoisotopic (exact) mass is 204 g/mol. The van der Waals surface area contributed by atoms with E-state index in [-0.39, 0.29) is 6.10 Å². The van der Waals surface area contributed by atoms with Crippen molar-refractivity contribution in [3.63, 3.8) is 0 Å². The molecule has 0 aliphatic rings. The first-order valence-electron chi connectivity index (χ1n) is 5.55. The number of rotatable bonds is 5. The van der Waals surface area contributed by atoms with Crippen LogP contribution in [-0.4, -0.2) is 5.11 Å². The standard InChI is InChI=1S/C14H20O/c1-4-7-14(15)13-9-6-5-8-12(13)10-11(2)3/h5-6,8-9,14-15H,2,4,7,10H2,1,3H3. The Balaban J connectivity index is 2.89. The molecular formula is C14H20O. The molecule has 0 aliphatic carbocycles. The van der Waals surface area contributed by atoms with Crippen LogP contribution < -0.4 is 0 Å². The predicted octanol–water partition coefficient (Wildman–Crippen LogP) is 3.64. The second-order valence-corrected chi connectivity index (χ2v) is 4.14. The lowest BCUT2D eigenvalue weighted by Gasteiger charge is -2.14. The van der Waals surface area contributed by atoms with E-state index in [0.29, 0.717) is 0 Å². The van der Waals surface area contributed by atoms with Crippen molar-refractivity contribution >= 4 is 0 Å². The number of allylic oxidation sites excluding steroid dienone is 1. The Morgan fingerprint density at radius 2 is 2.07 bits per heavy atom. The van der Waals surface area contributed by atoms with Gasteiger partial charge in [-0.3, -0.25) is 0 Å². The fourth-order valence-electron chi connectivity index (χ4n) is 1.77. The summed E-state index contributed by atoms with van der Waals surface area (Å²) < 4.78 is 0. The summed E-state index contributed by atoms with van der Waals surface area (Å²) in [6.07, 6.45) is 2.36. The third-order valence-corrected chi connectivity index (χ3v) is 2.47. The van der Waals surface area contributed by atoms with Gasteiger partial charge in [0.15, 0.2) is 0 Å². The molecule has 1 rings (SSSR count). The van der Waals surface area contributed by atoms with E-state index in [1.165, 1.54) is 5.56 Å². The van der Waals surface area contributed by atoms with Crippen LogP contribution in [0, 0.1) is 0 Å². The number of aliphatic hydroxyl groups is 1. The van der Waals surface area contributed by atoms with Crippen molar-refractivity contribution in [3.8, 4) is 0 Å². The molecule has 1 aromatic carbocycles. The SMILES string of the molecule is C=C(C)Cc1ccccc1C(O)CCC. The van der Waals surface area contributed by atoms with E-state index in [4.69, 9.17) is 0 Å². The summed E-state index contributed by atoms with van der Waals surface area (Å²) in [4.78, 5) is 0. The van der Waals surface area contributed by atoms with Crippen molar-refractivity contribution in [3.05, 3.63) is 47.5 Å². The highest BCUT2D eigenvalue weighted by Crippen LogP contribution is 2.23. The van der Waals surface area contributed by atoms with Crippen LogP contribution in [0.2, 0.25) is 0 Å². The summed E-state index contributed by atoms with van der Waals surface area (Å²) in [5.41, 5.74) is 3.39. The van der Waals surface area contributed by atoms with Crippen molar-refractivity contribution in [2.75, 3.05) is 0 Å². The van der Waals surface area contributed by atoms with E-state index >= 15 is 0 Å². The number of hydrogen-bond acceptors (Lipinski definition) is 1. The fraction of sp³-hybridized carbons (Fsp3) is 0.429. The van der Waals surface area contributed by atoms with Crippen LogP contribution in [0.15, 0.2) is 36.4 Å². The molecule has 0 amide bonds. The van der Waals surface area contributed by atoms with Gasteiger partial charge in [-0.15, -0.1) is 0 Å². The molecule has 1 unspecified atom stereocenters. The Kier molecular flexibility index (Phi) is 4.57. The Labute approximate surface area is 92.5 Å². The molecule has 0 saturated heterocycles. The maximum Gasteiger partial charge on any atom is 0.0792 e. The predicted molar refractivity (Wildman–Crippen MR) is 64.8 cm³/mol. The van der Waals surface area contributed by atoms with E-state index in [9.17, 15) is 5.11 Å². The molecule has 0 aliphatic heterocycles. The van der Waals surface area contributed by atoms with Crippen molar-refractivity contribution in [2.45, 2.75) is 39.2 Å². The Morgan fingerprint density at radius 1 is 1.40 bits per heavy atom. The molecule has 0 heterocycles. The van der Waals surface area contributed by atoms with Gasteiger partial charge in [-0.25, -0.2) is 0 Å². The van der Waals surface area contributed by atoms with Crippen LogP contribution in [0.5, 0.6) is 0 Å². The smallest absolute Gasteiger partial charge is 0.0792 e. The Bertz CT molecular complexity index is 328. The first-order chi connectivity index (χ1) is 7.15. The lowest BCUT2D eigenvalue weighted by atomic mass is 9.95. The van der Waals surface area contributed by atoms with Crippen molar-refractivity contribution in [1.82, 2.24) is 0 Å². The Morgan fingerprint density at radius 3 is 2.67 bits per heavy atom. The molecule has 15 heavy (non-hydrogen) atoms. The van der Waals surface area contributed by atoms with Crippen LogP contribution in [0.4, 0.5) is 0 Å². The van der Waals surface area contributed by atoms with E-state index in [1.807, 2.05) is 25.1 Å². The molecular weight excluding hydrogens is 184 g/mol. The average molecular weight is 204 g/mol. The summed E-state index contributed by atoms with van der Waals surface area (Å²) in [6, 6.07) is 8.08. The number of benzene rings is 1. The van der Waals surface area contributed by atoms with E-state index in [2.05, 4.69) is 19.6 Å². The van der Waals surface area contributed by atoms with Crippen molar-refractivity contribution in [2.24, 2.45) is 0 Å². The topological polar surface area (TPSA) is 20.2 Å². The maximum atomic E-state index is 9.98. The fourth-order valence-corrected chi connectivity index (χ4v) is 1.77. The molecule has 0 fully saturated rings. The molecule has 0 spiro atoms. The molecule has 0 saturated carbocycles. The quantitative estimate of drug-likeness (QED) is 0.726. The van der Waals surface area contributed by atoms with Crippen LogP contribution in [0.25, 0.3) is 0 Å². The second-order valence-electron chi connectivity index (χ2n) is 4.14. The van der Waals surface area contributed by atoms with Gasteiger partial charge in [0.1, 0.15) is 0 Å². The maximum absolute atomic E-state index is 9.98. The normalized spacial score (nSPS) is 12.5. The minimum Gasteiger partial charge on any atom is -0.388 e. The Hall–Kier alpha value is -1.08. The van der Waals surface area contributed by atoms with Gasteiger partial charge in [0.2, 0.25) is 0 Å². The molecule has 1 N–H and O–H groups in total. The average Bonchev–Trinajstić information content (AvgIpc) is 2.18. The first kappa shape index (κ1) is 12.0. The summed E-state index contributed by atoms with van der Waals surface area (Å²) in [5, 5.41) is 9.98. The van der Waals surface area contributed by atoms with Gasteiger partial charge in [-0.05, 0) is 30.9 Å². The van der Waals surface area contributed by atoms with Gasteiger partial charge < -0.3 is 5.11 Å². The van der Waals surface area contributed by atoms with Crippen LogP contribution in [-0.2, 0) is 6.42 Å². The second kappa shape index (κ2) is 5.72. The molecule has 0 aromatic heterocycles. The molecule has 1 heteroatoms. The van der Waals surface area contributed by atoms with Crippen molar-refractivity contribution in [1.29, 1.82) is 0 Å². The first-order valence-corrected chi connectivity index (χ1v) is 5.55. The van der Waals surface area contributed by atoms with E-state index < -0.39 is 0 Å². The zero-order valence-electron chi connectivity index (χ0n) is 9.66. The van der Waals surface area contributed by atoms with Crippen LogP contribution in [0.1, 0.15) is 43.9 Å². The third kappa shape index (κ3) is 3.52.